The van der Waals surface area contributed by atoms with Crippen LogP contribution in [0.15, 0.2) is 108 Å². The largest absolute Gasteiger partial charge is 0.485 e. The van der Waals surface area contributed by atoms with E-state index in [1.54, 1.807) is 24.3 Å². The molecule has 0 fully saturated rings. The van der Waals surface area contributed by atoms with Gasteiger partial charge in [0.15, 0.2) is 17.2 Å². The van der Waals surface area contributed by atoms with Gasteiger partial charge in [-0.15, -0.1) is 0 Å². The second-order valence-corrected chi connectivity index (χ2v) is 9.03. The third-order valence-corrected chi connectivity index (χ3v) is 6.27. The van der Waals surface area contributed by atoms with Crippen molar-refractivity contribution >= 4 is 41.1 Å². The van der Waals surface area contributed by atoms with Crippen molar-refractivity contribution in [2.45, 2.75) is 13.2 Å². The van der Waals surface area contributed by atoms with Crippen LogP contribution in [0.2, 0.25) is 10.0 Å². The molecule has 0 bridgehead atoms. The highest BCUT2D eigenvalue weighted by Crippen LogP contribution is 2.32. The van der Waals surface area contributed by atoms with E-state index in [-0.39, 0.29) is 11.6 Å². The lowest BCUT2D eigenvalue weighted by Gasteiger charge is -2.14. The average molecular weight is 530 g/mol. The van der Waals surface area contributed by atoms with Crippen LogP contribution in [0.5, 0.6) is 11.5 Å². The van der Waals surface area contributed by atoms with Crippen molar-refractivity contribution in [2.24, 2.45) is 4.99 Å². The summed E-state index contributed by atoms with van der Waals surface area (Å²) >= 11 is 12.1. The molecule has 5 rings (SSSR count). The molecule has 4 aromatic rings. The predicted octanol–water partition coefficient (Wildman–Crippen LogP) is 7.50. The molecule has 1 aliphatic rings. The lowest BCUT2D eigenvalue weighted by atomic mass is 10.1. The van der Waals surface area contributed by atoms with Crippen molar-refractivity contribution < 1.29 is 19.0 Å². The molecule has 5 nitrogen and oxygen atoms in total. The number of esters is 1. The van der Waals surface area contributed by atoms with Gasteiger partial charge in [0.1, 0.15) is 13.2 Å². The van der Waals surface area contributed by atoms with Crippen molar-refractivity contribution in [3.8, 4) is 11.5 Å². The molecule has 0 N–H and O–H groups in total. The molecule has 0 aromatic heterocycles. The second-order valence-electron chi connectivity index (χ2n) is 8.22. The highest BCUT2D eigenvalue weighted by molar-refractivity contribution is 6.42. The summed E-state index contributed by atoms with van der Waals surface area (Å²) in [5, 5.41) is 0.755. The summed E-state index contributed by atoms with van der Waals surface area (Å²) in [6.45, 7) is 0.761. The van der Waals surface area contributed by atoms with Crippen LogP contribution in [0.3, 0.4) is 0 Å². The Morgan fingerprint density at radius 3 is 2.03 bits per heavy atom. The zero-order valence-corrected chi connectivity index (χ0v) is 21.1. The molecule has 0 saturated carbocycles. The van der Waals surface area contributed by atoms with Crippen LogP contribution >= 0.6 is 23.2 Å². The molecular weight excluding hydrogens is 509 g/mol. The number of ether oxygens (including phenoxy) is 3. The molecule has 0 saturated heterocycles. The fraction of sp³-hybridized carbons (Fsp3) is 0.0667. The molecule has 37 heavy (non-hydrogen) atoms. The van der Waals surface area contributed by atoms with E-state index in [4.69, 9.17) is 37.4 Å². The van der Waals surface area contributed by atoms with E-state index in [9.17, 15) is 4.79 Å². The highest BCUT2D eigenvalue weighted by atomic mass is 35.5. The van der Waals surface area contributed by atoms with Gasteiger partial charge in [-0.05, 0) is 53.1 Å². The number of nitrogens with zero attached hydrogens (tertiary/aromatic N) is 1. The van der Waals surface area contributed by atoms with Gasteiger partial charge in [-0.25, -0.2) is 9.79 Å². The predicted molar refractivity (Wildman–Crippen MR) is 145 cm³/mol. The summed E-state index contributed by atoms with van der Waals surface area (Å²) in [6, 6.07) is 30.1. The Hall–Kier alpha value is -4.06. The van der Waals surface area contributed by atoms with Gasteiger partial charge in [0.25, 0.3) is 0 Å². The van der Waals surface area contributed by atoms with E-state index in [0.29, 0.717) is 45.9 Å². The van der Waals surface area contributed by atoms with Crippen molar-refractivity contribution in [2.75, 3.05) is 0 Å². The maximum atomic E-state index is 12.5. The van der Waals surface area contributed by atoms with Crippen molar-refractivity contribution in [3.63, 3.8) is 0 Å². The Morgan fingerprint density at radius 2 is 1.38 bits per heavy atom. The van der Waals surface area contributed by atoms with Crippen LogP contribution < -0.4 is 9.47 Å². The van der Waals surface area contributed by atoms with E-state index in [1.165, 1.54) is 0 Å². The normalized spacial score (nSPS) is 13.8. The summed E-state index contributed by atoms with van der Waals surface area (Å²) in [6.07, 6.45) is 1.64. The Bertz CT molecular complexity index is 1480. The van der Waals surface area contributed by atoms with Crippen molar-refractivity contribution in [1.29, 1.82) is 0 Å². The van der Waals surface area contributed by atoms with Gasteiger partial charge in [-0.2, -0.15) is 0 Å². The molecule has 0 aliphatic carbocycles. The Labute approximate surface area is 224 Å². The molecule has 0 spiro atoms. The zero-order valence-electron chi connectivity index (χ0n) is 19.6. The second kappa shape index (κ2) is 11.3. The minimum Gasteiger partial charge on any atom is -0.485 e. The maximum Gasteiger partial charge on any atom is 0.363 e. The quantitative estimate of drug-likeness (QED) is 0.175. The topological polar surface area (TPSA) is 57.1 Å². The standard InChI is InChI=1S/C30H21Cl2NO4/c31-24-13-12-23(17-25(24)32)29-33-26(30(34)37-29)15-22-11-14-27(35-18-20-7-3-1-4-8-20)28(16-22)36-19-21-9-5-2-6-10-21/h1-17H,18-19H2/b26-15-. The van der Waals surface area contributed by atoms with E-state index >= 15 is 0 Å². The van der Waals surface area contributed by atoms with Gasteiger partial charge in [-0.3, -0.25) is 0 Å². The van der Waals surface area contributed by atoms with E-state index in [0.717, 1.165) is 11.1 Å². The lowest BCUT2D eigenvalue weighted by molar-refractivity contribution is -0.129. The smallest absolute Gasteiger partial charge is 0.363 e. The van der Waals surface area contributed by atoms with E-state index in [2.05, 4.69) is 4.99 Å². The summed E-state index contributed by atoms with van der Waals surface area (Å²) in [7, 11) is 0. The molecule has 7 heteroatoms. The summed E-state index contributed by atoms with van der Waals surface area (Å²) in [5.74, 6) is 0.750. The van der Waals surface area contributed by atoms with Crippen LogP contribution in [0.25, 0.3) is 6.08 Å². The molecule has 1 heterocycles. The number of hydrogen-bond donors (Lipinski definition) is 0. The molecule has 1 aliphatic heterocycles. The highest BCUT2D eigenvalue weighted by Gasteiger charge is 2.24. The first-order valence-electron chi connectivity index (χ1n) is 11.5. The average Bonchev–Trinajstić information content (AvgIpc) is 3.29. The van der Waals surface area contributed by atoms with E-state index in [1.807, 2.05) is 78.9 Å². The number of halogens is 2. The monoisotopic (exact) mass is 529 g/mol. The number of aliphatic imine (C=N–C) groups is 1. The first-order valence-corrected chi connectivity index (χ1v) is 12.3. The minimum absolute atomic E-state index is 0.160. The first-order chi connectivity index (χ1) is 18.0. The number of rotatable bonds is 8. The summed E-state index contributed by atoms with van der Waals surface area (Å²) < 4.78 is 17.5. The van der Waals surface area contributed by atoms with Crippen LogP contribution in [0.1, 0.15) is 22.3 Å². The number of carbonyl (C=O) groups is 1. The minimum atomic E-state index is -0.558. The fourth-order valence-corrected chi connectivity index (χ4v) is 3.93. The molecule has 0 unspecified atom stereocenters. The maximum absolute atomic E-state index is 12.5. The third-order valence-electron chi connectivity index (χ3n) is 5.53. The van der Waals surface area contributed by atoms with Gasteiger partial charge < -0.3 is 14.2 Å². The Morgan fingerprint density at radius 1 is 0.730 bits per heavy atom. The van der Waals surface area contributed by atoms with Gasteiger partial charge in [0.05, 0.1) is 10.0 Å². The summed E-state index contributed by atoms with van der Waals surface area (Å²) in [4.78, 5) is 16.9. The van der Waals surface area contributed by atoms with Crippen LogP contribution in [-0.4, -0.2) is 11.9 Å². The third kappa shape index (κ3) is 6.20. The molecule has 4 aromatic carbocycles. The van der Waals surface area contributed by atoms with Gasteiger partial charge in [0, 0.05) is 5.56 Å². The molecule has 184 valence electrons. The SMILES string of the molecule is O=C1OC(c2ccc(Cl)c(Cl)c2)=N/C1=C\c1ccc(OCc2ccccc2)c(OCc2ccccc2)c1. The van der Waals surface area contributed by atoms with Gasteiger partial charge >= 0.3 is 5.97 Å². The summed E-state index contributed by atoms with van der Waals surface area (Å²) in [5.41, 5.74) is 3.49. The van der Waals surface area contributed by atoms with Crippen LogP contribution in [0, 0.1) is 0 Å². The fourth-order valence-electron chi connectivity index (χ4n) is 3.64. The van der Waals surface area contributed by atoms with E-state index < -0.39 is 5.97 Å². The van der Waals surface area contributed by atoms with Crippen LogP contribution in [-0.2, 0) is 22.7 Å². The van der Waals surface area contributed by atoms with Crippen LogP contribution in [0.4, 0.5) is 0 Å². The number of carbonyl (C=O) groups excluding carboxylic acids is 1. The van der Waals surface area contributed by atoms with Gasteiger partial charge in [-0.1, -0.05) is 89.9 Å². The molecular formula is C30H21Cl2NO4. The first kappa shape index (κ1) is 24.6. The number of benzene rings is 4. The Balaban J connectivity index is 1.41. The zero-order chi connectivity index (χ0) is 25.6. The van der Waals surface area contributed by atoms with Gasteiger partial charge in [0.2, 0.25) is 5.90 Å². The molecule has 0 atom stereocenters. The lowest BCUT2D eigenvalue weighted by Crippen LogP contribution is -2.05. The molecule has 0 amide bonds. The van der Waals surface area contributed by atoms with Crippen molar-refractivity contribution in [1.82, 2.24) is 0 Å². The number of cyclic esters (lactones) is 1. The Kier molecular flexibility index (Phi) is 7.54. The number of hydrogen-bond acceptors (Lipinski definition) is 5. The van der Waals surface area contributed by atoms with Crippen molar-refractivity contribution in [3.05, 3.63) is 135 Å². The molecule has 0 radical (unpaired) electrons.